The quantitative estimate of drug-likeness (QED) is 0.316. The van der Waals surface area contributed by atoms with Crippen LogP contribution < -0.4 is 23.7 Å². The number of hydrogen-bond acceptors (Lipinski definition) is 5. The summed E-state index contributed by atoms with van der Waals surface area (Å²) in [5, 5.41) is 0. The number of fused-ring (bicyclic) bond motifs is 3. The molecule has 4 aromatic rings. The molecular weight excluding hydrogens is 442 g/mol. The van der Waals surface area contributed by atoms with Gasteiger partial charge in [-0.1, -0.05) is 30.3 Å². The Hall–Kier alpha value is -4.06. The van der Waals surface area contributed by atoms with E-state index >= 15 is 0 Å². The van der Waals surface area contributed by atoms with Crippen LogP contribution in [0.2, 0.25) is 0 Å². The molecule has 2 heterocycles. The molecule has 1 aliphatic rings. The Morgan fingerprint density at radius 2 is 1.34 bits per heavy atom. The summed E-state index contributed by atoms with van der Waals surface area (Å²) in [5.41, 5.74) is 6.63. The van der Waals surface area contributed by atoms with E-state index in [1.54, 1.807) is 28.4 Å². The van der Waals surface area contributed by atoms with Crippen LogP contribution >= 0.6 is 0 Å². The van der Waals surface area contributed by atoms with Gasteiger partial charge >= 0.3 is 0 Å². The van der Waals surface area contributed by atoms with Crippen LogP contribution in [0.25, 0.3) is 22.4 Å². The van der Waals surface area contributed by atoms with Crippen molar-refractivity contribution >= 4 is 0 Å². The smallest absolute Gasteiger partial charge is 0.164 e. The Balaban J connectivity index is 1.51. The zero-order chi connectivity index (χ0) is 24.4. The fourth-order valence-electron chi connectivity index (χ4n) is 4.62. The summed E-state index contributed by atoms with van der Waals surface area (Å²) in [7, 11) is 6.60. The van der Waals surface area contributed by atoms with Crippen molar-refractivity contribution in [2.24, 2.45) is 0 Å². The molecule has 0 radical (unpaired) electrons. The van der Waals surface area contributed by atoms with Crippen LogP contribution in [-0.4, -0.2) is 33.0 Å². The van der Waals surface area contributed by atoms with Crippen LogP contribution in [-0.2, 0) is 19.6 Å². The van der Waals surface area contributed by atoms with E-state index in [0.29, 0.717) is 18.1 Å². The highest BCUT2D eigenvalue weighted by molar-refractivity contribution is 5.80. The topological polar surface area (TPSA) is 51.1 Å². The van der Waals surface area contributed by atoms with E-state index in [2.05, 4.69) is 41.1 Å². The van der Waals surface area contributed by atoms with Crippen molar-refractivity contribution in [3.63, 3.8) is 0 Å². The lowest BCUT2D eigenvalue weighted by Gasteiger charge is -2.22. The Labute approximate surface area is 205 Å². The van der Waals surface area contributed by atoms with Gasteiger partial charge in [0.25, 0.3) is 0 Å². The van der Waals surface area contributed by atoms with Crippen molar-refractivity contribution in [3.8, 4) is 51.1 Å². The van der Waals surface area contributed by atoms with Gasteiger partial charge in [0, 0.05) is 41.2 Å². The maximum Gasteiger partial charge on any atom is 0.164 e. The van der Waals surface area contributed by atoms with Crippen molar-refractivity contribution in [1.82, 2.24) is 4.57 Å². The van der Waals surface area contributed by atoms with Crippen LogP contribution in [0.3, 0.4) is 0 Å². The van der Waals surface area contributed by atoms with Crippen molar-refractivity contribution in [3.05, 3.63) is 78.0 Å². The largest absolute Gasteiger partial charge is 0.496 e. The van der Waals surface area contributed by atoms with Crippen molar-refractivity contribution in [2.45, 2.75) is 19.6 Å². The molecule has 1 aliphatic heterocycles. The molecule has 180 valence electrons. The zero-order valence-corrected chi connectivity index (χ0v) is 20.5. The van der Waals surface area contributed by atoms with Gasteiger partial charge < -0.3 is 28.3 Å². The third-order valence-corrected chi connectivity index (χ3v) is 6.44. The highest BCUT2D eigenvalue weighted by Gasteiger charge is 2.23. The molecule has 0 saturated carbocycles. The first kappa shape index (κ1) is 22.7. The Morgan fingerprint density at radius 3 is 2.06 bits per heavy atom. The average Bonchev–Trinajstić information content (AvgIpc) is 3.35. The first-order chi connectivity index (χ1) is 17.1. The zero-order valence-electron chi connectivity index (χ0n) is 20.5. The predicted molar refractivity (Wildman–Crippen MR) is 136 cm³/mol. The second-order valence-electron chi connectivity index (χ2n) is 8.40. The van der Waals surface area contributed by atoms with E-state index in [4.69, 9.17) is 23.7 Å². The molecular formula is C29H29NO5. The Kier molecular flexibility index (Phi) is 6.27. The molecule has 0 unspecified atom stereocenters. The highest BCUT2D eigenvalue weighted by Crippen LogP contribution is 2.44. The number of rotatable bonds is 8. The van der Waals surface area contributed by atoms with Crippen LogP contribution in [0.4, 0.5) is 0 Å². The van der Waals surface area contributed by atoms with Crippen molar-refractivity contribution in [1.29, 1.82) is 0 Å². The average molecular weight is 472 g/mol. The predicted octanol–water partition coefficient (Wildman–Crippen LogP) is 5.99. The number of hydrogen-bond donors (Lipinski definition) is 0. The van der Waals surface area contributed by atoms with Crippen molar-refractivity contribution in [2.75, 3.05) is 28.4 Å². The molecule has 3 aromatic carbocycles. The van der Waals surface area contributed by atoms with Gasteiger partial charge in [0.2, 0.25) is 0 Å². The van der Waals surface area contributed by atoms with Gasteiger partial charge in [0.1, 0.15) is 12.4 Å². The Bertz CT molecular complexity index is 1340. The van der Waals surface area contributed by atoms with Gasteiger partial charge in [-0.3, -0.25) is 0 Å². The van der Waals surface area contributed by atoms with Gasteiger partial charge in [-0.2, -0.15) is 0 Å². The van der Waals surface area contributed by atoms with Gasteiger partial charge in [-0.25, -0.2) is 0 Å². The number of methoxy groups -OCH3 is 4. The lowest BCUT2D eigenvalue weighted by molar-refractivity contribution is 0.284. The summed E-state index contributed by atoms with van der Waals surface area (Å²) in [6.07, 6.45) is 3.07. The van der Waals surface area contributed by atoms with Gasteiger partial charge in [-0.15, -0.1) is 0 Å². The molecule has 1 aromatic heterocycles. The summed E-state index contributed by atoms with van der Waals surface area (Å²) >= 11 is 0. The maximum absolute atomic E-state index is 6.15. The molecule has 0 bridgehead atoms. The molecule has 0 saturated heterocycles. The number of aryl methyl sites for hydroxylation is 2. The molecule has 6 nitrogen and oxygen atoms in total. The first-order valence-electron chi connectivity index (χ1n) is 11.5. The standard InChI is InChI=1S/C29H29NO5/c1-31-25-16-28(34-4)26(32-2)15-23(25)21-12-24-22-14-27(33-3)29(13-20(22)10-11-30(24)17-21)35-18-19-8-6-5-7-9-19/h5-9,12-17H,10-11,18H2,1-4H3. The third-order valence-electron chi connectivity index (χ3n) is 6.44. The lowest BCUT2D eigenvalue weighted by Crippen LogP contribution is -2.10. The molecule has 0 aliphatic carbocycles. The summed E-state index contributed by atoms with van der Waals surface area (Å²) in [6, 6.07) is 20.3. The minimum absolute atomic E-state index is 0.496. The van der Waals surface area contributed by atoms with Gasteiger partial charge in [0.15, 0.2) is 23.0 Å². The van der Waals surface area contributed by atoms with E-state index < -0.39 is 0 Å². The molecule has 0 N–H and O–H groups in total. The summed E-state index contributed by atoms with van der Waals surface area (Å²) in [4.78, 5) is 0. The van der Waals surface area contributed by atoms with Crippen LogP contribution in [0.15, 0.2) is 66.9 Å². The van der Waals surface area contributed by atoms with E-state index in [1.165, 1.54) is 5.56 Å². The SMILES string of the molecule is COc1cc(OC)c(-c2cc3n(c2)CCc2cc(OCc4ccccc4)c(OC)cc2-3)cc1OC. The number of benzene rings is 3. The molecule has 6 heteroatoms. The van der Waals surface area contributed by atoms with E-state index in [0.717, 1.165) is 58.2 Å². The molecule has 35 heavy (non-hydrogen) atoms. The van der Waals surface area contributed by atoms with Crippen molar-refractivity contribution < 1.29 is 23.7 Å². The molecule has 5 rings (SSSR count). The van der Waals surface area contributed by atoms with Crippen LogP contribution in [0.1, 0.15) is 11.1 Å². The number of aromatic nitrogens is 1. The molecule has 0 spiro atoms. The van der Waals surface area contributed by atoms with Gasteiger partial charge in [-0.05, 0) is 41.8 Å². The normalized spacial score (nSPS) is 11.9. The summed E-state index contributed by atoms with van der Waals surface area (Å²) in [5.74, 6) is 3.51. The maximum atomic E-state index is 6.15. The molecule has 0 fully saturated rings. The second-order valence-corrected chi connectivity index (χ2v) is 8.40. The summed E-state index contributed by atoms with van der Waals surface area (Å²) in [6.45, 7) is 1.37. The fraction of sp³-hybridized carbons (Fsp3) is 0.241. The highest BCUT2D eigenvalue weighted by atomic mass is 16.5. The summed E-state index contributed by atoms with van der Waals surface area (Å²) < 4.78 is 30.8. The number of ether oxygens (including phenoxy) is 5. The number of nitrogens with zero attached hydrogens (tertiary/aromatic N) is 1. The van der Waals surface area contributed by atoms with E-state index in [9.17, 15) is 0 Å². The second kappa shape index (κ2) is 9.66. The van der Waals surface area contributed by atoms with Gasteiger partial charge in [0.05, 0.1) is 28.4 Å². The molecule has 0 amide bonds. The minimum atomic E-state index is 0.496. The van der Waals surface area contributed by atoms with E-state index in [-0.39, 0.29) is 0 Å². The lowest BCUT2D eigenvalue weighted by atomic mass is 9.97. The first-order valence-corrected chi connectivity index (χ1v) is 11.5. The monoisotopic (exact) mass is 471 g/mol. The third kappa shape index (κ3) is 4.28. The molecule has 0 atom stereocenters. The van der Waals surface area contributed by atoms with E-state index in [1.807, 2.05) is 30.3 Å². The minimum Gasteiger partial charge on any atom is -0.496 e. The fourth-order valence-corrected chi connectivity index (χ4v) is 4.62. The van der Waals surface area contributed by atoms with Crippen LogP contribution in [0.5, 0.6) is 28.7 Å². The Morgan fingerprint density at radius 1 is 0.686 bits per heavy atom. The van der Waals surface area contributed by atoms with Crippen LogP contribution in [0, 0.1) is 0 Å².